The molecule has 0 N–H and O–H groups in total. The topological polar surface area (TPSA) is 74.7 Å². The van der Waals surface area contributed by atoms with Gasteiger partial charge in [-0.25, -0.2) is 4.68 Å². The molecular formula is C19H13ClN4O2. The summed E-state index contributed by atoms with van der Waals surface area (Å²) in [5.41, 5.74) is 2.45. The summed E-state index contributed by atoms with van der Waals surface area (Å²) in [7, 11) is 0. The largest absolute Gasteiger partial charge is 0.619 e. The van der Waals surface area contributed by atoms with Gasteiger partial charge in [0.25, 0.3) is 5.56 Å². The summed E-state index contributed by atoms with van der Waals surface area (Å²) in [6, 6.07) is 14.0. The van der Waals surface area contributed by atoms with Gasteiger partial charge in [-0.1, -0.05) is 23.7 Å². The molecule has 0 unspecified atom stereocenters. The van der Waals surface area contributed by atoms with Crippen molar-refractivity contribution in [3.05, 3.63) is 93.3 Å². The molecule has 0 saturated heterocycles. The van der Waals surface area contributed by atoms with Crippen molar-refractivity contribution in [2.75, 3.05) is 0 Å². The standard InChI is InChI=1S/C19H13ClN4O2/c20-15-4-1-3-14(11-15)17-18-16(5-2-8-21-18)19(25)24(22-17)12-13-6-9-23(26)10-7-13/h1-11H,12H2. The van der Waals surface area contributed by atoms with Crippen LogP contribution in [0.15, 0.2) is 71.9 Å². The first kappa shape index (κ1) is 16.2. The highest BCUT2D eigenvalue weighted by atomic mass is 35.5. The molecule has 0 saturated carbocycles. The minimum atomic E-state index is -0.238. The van der Waals surface area contributed by atoms with Gasteiger partial charge < -0.3 is 5.21 Å². The average molecular weight is 365 g/mol. The predicted octanol–water partition coefficient (Wildman–Crippen LogP) is 2.79. The maximum atomic E-state index is 12.8. The van der Waals surface area contributed by atoms with E-state index < -0.39 is 0 Å². The zero-order chi connectivity index (χ0) is 18.1. The maximum absolute atomic E-state index is 12.8. The van der Waals surface area contributed by atoms with E-state index >= 15 is 0 Å². The van der Waals surface area contributed by atoms with E-state index in [0.717, 1.165) is 11.1 Å². The van der Waals surface area contributed by atoms with Crippen molar-refractivity contribution in [3.63, 3.8) is 0 Å². The lowest BCUT2D eigenvalue weighted by molar-refractivity contribution is -0.605. The Kier molecular flexibility index (Phi) is 4.10. The summed E-state index contributed by atoms with van der Waals surface area (Å²) in [5, 5.41) is 16.8. The molecule has 4 aromatic rings. The highest BCUT2D eigenvalue weighted by molar-refractivity contribution is 6.30. The van der Waals surface area contributed by atoms with Gasteiger partial charge in [-0.3, -0.25) is 9.78 Å². The second kappa shape index (κ2) is 6.57. The van der Waals surface area contributed by atoms with E-state index in [4.69, 9.17) is 11.6 Å². The van der Waals surface area contributed by atoms with Gasteiger partial charge in [0.2, 0.25) is 0 Å². The zero-order valence-electron chi connectivity index (χ0n) is 13.5. The van der Waals surface area contributed by atoms with E-state index in [1.807, 2.05) is 12.1 Å². The summed E-state index contributed by atoms with van der Waals surface area (Å²) in [5.74, 6) is 0. The second-order valence-electron chi connectivity index (χ2n) is 5.79. The Hall–Kier alpha value is -3.25. The number of rotatable bonds is 3. The molecule has 3 heterocycles. The van der Waals surface area contributed by atoms with Crippen molar-refractivity contribution in [2.24, 2.45) is 0 Å². The molecule has 0 radical (unpaired) electrons. The molecule has 1 aromatic carbocycles. The average Bonchev–Trinajstić information content (AvgIpc) is 2.66. The predicted molar refractivity (Wildman–Crippen MR) is 98.7 cm³/mol. The lowest BCUT2D eigenvalue weighted by Crippen LogP contribution is -2.27. The highest BCUT2D eigenvalue weighted by Gasteiger charge is 2.14. The van der Waals surface area contributed by atoms with Gasteiger partial charge in [-0.2, -0.15) is 9.83 Å². The molecule has 0 aliphatic rings. The van der Waals surface area contributed by atoms with Gasteiger partial charge in [0.05, 0.1) is 11.9 Å². The normalized spacial score (nSPS) is 11.0. The summed E-state index contributed by atoms with van der Waals surface area (Å²) in [6.45, 7) is 0.248. The fraction of sp³-hybridized carbons (Fsp3) is 0.0526. The molecule has 0 amide bonds. The first-order chi connectivity index (χ1) is 12.6. The maximum Gasteiger partial charge on any atom is 0.276 e. The molecule has 4 rings (SSSR count). The molecule has 0 fully saturated rings. The smallest absolute Gasteiger partial charge is 0.276 e. The van der Waals surface area contributed by atoms with Crippen LogP contribution in [0, 0.1) is 5.21 Å². The summed E-state index contributed by atoms with van der Waals surface area (Å²) in [6.07, 6.45) is 4.41. The van der Waals surface area contributed by atoms with Gasteiger partial charge in [0.1, 0.15) is 11.2 Å². The van der Waals surface area contributed by atoms with Gasteiger partial charge in [0.15, 0.2) is 12.4 Å². The Labute approximate surface area is 153 Å². The van der Waals surface area contributed by atoms with Crippen molar-refractivity contribution in [1.29, 1.82) is 0 Å². The Balaban J connectivity index is 1.92. The Morgan fingerprint density at radius 3 is 2.69 bits per heavy atom. The third kappa shape index (κ3) is 3.02. The number of nitrogens with zero attached hydrogens (tertiary/aromatic N) is 4. The van der Waals surface area contributed by atoms with Crippen molar-refractivity contribution in [1.82, 2.24) is 14.8 Å². The van der Waals surface area contributed by atoms with Gasteiger partial charge >= 0.3 is 0 Å². The molecule has 6 nitrogen and oxygen atoms in total. The minimum Gasteiger partial charge on any atom is -0.619 e. The van der Waals surface area contributed by atoms with E-state index in [0.29, 0.717) is 26.3 Å². The molecule has 0 aliphatic heterocycles. The van der Waals surface area contributed by atoms with Crippen molar-refractivity contribution in [2.45, 2.75) is 6.54 Å². The number of halogens is 1. The molecule has 0 atom stereocenters. The zero-order valence-corrected chi connectivity index (χ0v) is 14.3. The van der Waals surface area contributed by atoms with Crippen LogP contribution < -0.4 is 10.3 Å². The first-order valence-corrected chi connectivity index (χ1v) is 8.29. The molecule has 7 heteroatoms. The highest BCUT2D eigenvalue weighted by Crippen LogP contribution is 2.25. The van der Waals surface area contributed by atoms with Crippen molar-refractivity contribution >= 4 is 22.5 Å². The van der Waals surface area contributed by atoms with Crippen LogP contribution in [0.3, 0.4) is 0 Å². The number of benzene rings is 1. The summed E-state index contributed by atoms with van der Waals surface area (Å²) in [4.78, 5) is 17.2. The van der Waals surface area contributed by atoms with E-state index in [2.05, 4.69) is 10.1 Å². The Morgan fingerprint density at radius 2 is 1.92 bits per heavy atom. The lowest BCUT2D eigenvalue weighted by Gasteiger charge is -2.11. The van der Waals surface area contributed by atoms with Crippen LogP contribution in [0.25, 0.3) is 22.2 Å². The third-order valence-electron chi connectivity index (χ3n) is 4.02. The monoisotopic (exact) mass is 364 g/mol. The fourth-order valence-corrected chi connectivity index (χ4v) is 2.97. The van der Waals surface area contributed by atoms with E-state index in [-0.39, 0.29) is 12.1 Å². The number of hydrogen-bond donors (Lipinski definition) is 0. The molecule has 0 aliphatic carbocycles. The van der Waals surface area contributed by atoms with Crippen molar-refractivity contribution < 1.29 is 4.73 Å². The molecule has 0 spiro atoms. The number of aromatic nitrogens is 4. The molecule has 3 aromatic heterocycles. The summed E-state index contributed by atoms with van der Waals surface area (Å²) >= 11 is 6.11. The molecule has 128 valence electrons. The van der Waals surface area contributed by atoms with Crippen LogP contribution >= 0.6 is 11.6 Å². The van der Waals surface area contributed by atoms with Crippen LogP contribution in [0.5, 0.6) is 0 Å². The van der Waals surface area contributed by atoms with Gasteiger partial charge in [-0.05, 0) is 29.8 Å². The van der Waals surface area contributed by atoms with Crippen LogP contribution in [0.2, 0.25) is 5.02 Å². The lowest BCUT2D eigenvalue weighted by atomic mass is 10.1. The van der Waals surface area contributed by atoms with Crippen molar-refractivity contribution in [3.8, 4) is 11.3 Å². The van der Waals surface area contributed by atoms with Crippen LogP contribution in [0.1, 0.15) is 5.56 Å². The first-order valence-electron chi connectivity index (χ1n) is 7.91. The summed E-state index contributed by atoms with van der Waals surface area (Å²) < 4.78 is 2.08. The number of hydrogen-bond acceptors (Lipinski definition) is 4. The number of fused-ring (bicyclic) bond motifs is 1. The molecular weight excluding hydrogens is 352 g/mol. The van der Waals surface area contributed by atoms with Gasteiger partial charge in [0, 0.05) is 28.9 Å². The van der Waals surface area contributed by atoms with E-state index in [1.54, 1.807) is 42.6 Å². The second-order valence-corrected chi connectivity index (χ2v) is 6.22. The minimum absolute atomic E-state index is 0.238. The van der Waals surface area contributed by atoms with Crippen LogP contribution in [-0.2, 0) is 6.54 Å². The van der Waals surface area contributed by atoms with E-state index in [1.165, 1.54) is 17.1 Å². The Bertz CT molecular complexity index is 1160. The van der Waals surface area contributed by atoms with Crippen LogP contribution in [0.4, 0.5) is 0 Å². The van der Waals surface area contributed by atoms with E-state index in [9.17, 15) is 10.0 Å². The molecule has 26 heavy (non-hydrogen) atoms. The SMILES string of the molecule is O=c1c2cccnc2c(-c2cccc(Cl)c2)nn1Cc1cc[n+]([O-])cc1. The fourth-order valence-electron chi connectivity index (χ4n) is 2.78. The Morgan fingerprint density at radius 1 is 1.12 bits per heavy atom. The molecule has 0 bridgehead atoms. The quantitative estimate of drug-likeness (QED) is 0.414. The van der Waals surface area contributed by atoms with Crippen LogP contribution in [-0.4, -0.2) is 14.8 Å². The number of pyridine rings is 2. The van der Waals surface area contributed by atoms with Gasteiger partial charge in [-0.15, -0.1) is 0 Å². The third-order valence-corrected chi connectivity index (χ3v) is 4.25.